The molecule has 1 aromatic carbocycles. The SMILES string of the molecule is O=C(NCn1nnc(-c2ccccc2)n1)Nc1ccccn1. The van der Waals surface area contributed by atoms with Gasteiger partial charge in [-0.3, -0.25) is 5.32 Å². The lowest BCUT2D eigenvalue weighted by Crippen LogP contribution is -2.31. The molecule has 0 saturated heterocycles. The normalized spacial score (nSPS) is 10.2. The van der Waals surface area contributed by atoms with E-state index in [1.807, 2.05) is 30.3 Å². The molecule has 0 atom stereocenters. The topological polar surface area (TPSA) is 97.6 Å². The van der Waals surface area contributed by atoms with Gasteiger partial charge in [-0.05, 0) is 17.3 Å². The molecule has 0 aliphatic rings. The van der Waals surface area contributed by atoms with E-state index in [0.717, 1.165) is 5.56 Å². The first-order valence-electron chi connectivity index (χ1n) is 6.60. The summed E-state index contributed by atoms with van der Waals surface area (Å²) in [5.74, 6) is 0.976. The number of hydrogen-bond donors (Lipinski definition) is 2. The molecular weight excluding hydrogens is 282 g/mol. The van der Waals surface area contributed by atoms with E-state index in [0.29, 0.717) is 11.6 Å². The van der Waals surface area contributed by atoms with Crippen LogP contribution >= 0.6 is 0 Å². The molecule has 8 heteroatoms. The number of amides is 2. The molecule has 0 saturated carbocycles. The van der Waals surface area contributed by atoms with Crippen molar-refractivity contribution < 1.29 is 4.79 Å². The molecule has 0 radical (unpaired) electrons. The van der Waals surface area contributed by atoms with E-state index in [-0.39, 0.29) is 6.67 Å². The molecule has 3 aromatic rings. The number of nitrogens with one attached hydrogen (secondary N) is 2. The Bertz CT molecular complexity index is 742. The van der Waals surface area contributed by atoms with Gasteiger partial charge in [0.1, 0.15) is 12.5 Å². The van der Waals surface area contributed by atoms with Crippen LogP contribution in [0.3, 0.4) is 0 Å². The van der Waals surface area contributed by atoms with Gasteiger partial charge in [0.25, 0.3) is 0 Å². The minimum absolute atomic E-state index is 0.110. The lowest BCUT2D eigenvalue weighted by atomic mass is 10.2. The van der Waals surface area contributed by atoms with Gasteiger partial charge in [0.2, 0.25) is 5.82 Å². The van der Waals surface area contributed by atoms with Gasteiger partial charge >= 0.3 is 6.03 Å². The number of nitrogens with zero attached hydrogens (tertiary/aromatic N) is 5. The lowest BCUT2D eigenvalue weighted by molar-refractivity contribution is 0.247. The maximum absolute atomic E-state index is 11.7. The molecule has 2 aromatic heterocycles. The summed E-state index contributed by atoms with van der Waals surface area (Å²) in [6, 6.07) is 14.4. The third kappa shape index (κ3) is 3.42. The molecule has 3 rings (SSSR count). The summed E-state index contributed by atoms with van der Waals surface area (Å²) in [6.07, 6.45) is 1.60. The van der Waals surface area contributed by atoms with Crippen LogP contribution in [0.4, 0.5) is 10.6 Å². The second-order valence-corrected chi connectivity index (χ2v) is 4.36. The fourth-order valence-electron chi connectivity index (χ4n) is 1.75. The number of carbonyl (C=O) groups is 1. The van der Waals surface area contributed by atoms with Crippen molar-refractivity contribution in [1.29, 1.82) is 0 Å². The monoisotopic (exact) mass is 295 g/mol. The van der Waals surface area contributed by atoms with Crippen LogP contribution in [-0.2, 0) is 6.67 Å². The Labute approximate surface area is 126 Å². The second-order valence-electron chi connectivity index (χ2n) is 4.36. The highest BCUT2D eigenvalue weighted by Crippen LogP contribution is 2.11. The molecule has 0 bridgehead atoms. The molecule has 0 unspecified atom stereocenters. The van der Waals surface area contributed by atoms with Crippen LogP contribution in [-0.4, -0.2) is 31.2 Å². The van der Waals surface area contributed by atoms with Crippen LogP contribution in [0.25, 0.3) is 11.4 Å². The third-order valence-corrected chi connectivity index (χ3v) is 2.77. The van der Waals surface area contributed by atoms with Crippen molar-refractivity contribution in [3.63, 3.8) is 0 Å². The fourth-order valence-corrected chi connectivity index (χ4v) is 1.75. The number of anilines is 1. The zero-order chi connectivity index (χ0) is 15.2. The third-order valence-electron chi connectivity index (χ3n) is 2.77. The van der Waals surface area contributed by atoms with Crippen LogP contribution in [0.5, 0.6) is 0 Å². The summed E-state index contributed by atoms with van der Waals surface area (Å²) in [5, 5.41) is 17.3. The van der Waals surface area contributed by atoms with Gasteiger partial charge < -0.3 is 5.32 Å². The van der Waals surface area contributed by atoms with Gasteiger partial charge in [-0.2, -0.15) is 0 Å². The molecule has 22 heavy (non-hydrogen) atoms. The van der Waals surface area contributed by atoms with Crippen molar-refractivity contribution in [3.8, 4) is 11.4 Å². The van der Waals surface area contributed by atoms with E-state index in [1.165, 1.54) is 4.80 Å². The number of rotatable bonds is 4. The van der Waals surface area contributed by atoms with Crippen molar-refractivity contribution in [2.24, 2.45) is 0 Å². The van der Waals surface area contributed by atoms with Gasteiger partial charge in [-0.15, -0.1) is 15.0 Å². The van der Waals surface area contributed by atoms with Gasteiger partial charge in [0, 0.05) is 11.8 Å². The van der Waals surface area contributed by atoms with Gasteiger partial charge in [0.15, 0.2) is 0 Å². The number of pyridine rings is 1. The lowest BCUT2D eigenvalue weighted by Gasteiger charge is -2.05. The quantitative estimate of drug-likeness (QED) is 0.760. The zero-order valence-corrected chi connectivity index (χ0v) is 11.5. The Morgan fingerprint density at radius 3 is 2.68 bits per heavy atom. The smallest absolute Gasteiger partial charge is 0.317 e. The number of aromatic nitrogens is 5. The first kappa shape index (κ1) is 13.7. The Morgan fingerprint density at radius 2 is 1.91 bits per heavy atom. The largest absolute Gasteiger partial charge is 0.321 e. The van der Waals surface area contributed by atoms with E-state index < -0.39 is 6.03 Å². The Hall–Kier alpha value is -3.29. The predicted octanol–water partition coefficient (Wildman–Crippen LogP) is 1.51. The maximum atomic E-state index is 11.7. The number of hydrogen-bond acceptors (Lipinski definition) is 5. The molecule has 0 spiro atoms. The number of urea groups is 1. The molecule has 110 valence electrons. The van der Waals surface area contributed by atoms with Crippen LogP contribution in [0.15, 0.2) is 54.7 Å². The summed E-state index contributed by atoms with van der Waals surface area (Å²) in [4.78, 5) is 17.0. The minimum Gasteiger partial charge on any atom is -0.317 e. The number of carbonyl (C=O) groups excluding carboxylic acids is 1. The average Bonchev–Trinajstić information content (AvgIpc) is 3.04. The molecule has 2 N–H and O–H groups in total. The standard InChI is InChI=1S/C14H13N7O/c22-14(17-12-8-4-5-9-15-12)16-10-21-19-13(18-20-21)11-6-2-1-3-7-11/h1-9H,10H2,(H2,15,16,17,22). The highest BCUT2D eigenvalue weighted by Gasteiger charge is 2.06. The van der Waals surface area contributed by atoms with Crippen LogP contribution in [0.2, 0.25) is 0 Å². The van der Waals surface area contributed by atoms with Crippen LogP contribution < -0.4 is 10.6 Å². The summed E-state index contributed by atoms with van der Waals surface area (Å²) in [6.45, 7) is 0.110. The highest BCUT2D eigenvalue weighted by molar-refractivity contribution is 5.87. The van der Waals surface area contributed by atoms with Crippen molar-refractivity contribution in [2.45, 2.75) is 6.67 Å². The Kier molecular flexibility index (Phi) is 4.01. The molecule has 8 nitrogen and oxygen atoms in total. The molecule has 0 fully saturated rings. The predicted molar refractivity (Wildman–Crippen MR) is 79.6 cm³/mol. The first-order chi connectivity index (χ1) is 10.8. The van der Waals surface area contributed by atoms with Crippen LogP contribution in [0.1, 0.15) is 0 Å². The average molecular weight is 295 g/mol. The Balaban J connectivity index is 1.56. The zero-order valence-electron chi connectivity index (χ0n) is 11.5. The van der Waals surface area contributed by atoms with E-state index in [2.05, 4.69) is 31.0 Å². The van der Waals surface area contributed by atoms with E-state index >= 15 is 0 Å². The van der Waals surface area contributed by atoms with E-state index in [1.54, 1.807) is 24.4 Å². The Morgan fingerprint density at radius 1 is 1.09 bits per heavy atom. The van der Waals surface area contributed by atoms with Crippen molar-refractivity contribution in [2.75, 3.05) is 5.32 Å². The number of benzene rings is 1. The molecule has 0 aliphatic carbocycles. The minimum atomic E-state index is -0.391. The molecule has 0 aliphatic heterocycles. The van der Waals surface area contributed by atoms with Crippen molar-refractivity contribution in [3.05, 3.63) is 54.7 Å². The highest BCUT2D eigenvalue weighted by atomic mass is 16.2. The fraction of sp³-hybridized carbons (Fsp3) is 0.0714. The van der Waals surface area contributed by atoms with E-state index in [4.69, 9.17) is 0 Å². The maximum Gasteiger partial charge on any atom is 0.321 e. The number of tetrazole rings is 1. The van der Waals surface area contributed by atoms with Crippen molar-refractivity contribution >= 4 is 11.8 Å². The molecule has 2 amide bonds. The molecular formula is C14H13N7O. The van der Waals surface area contributed by atoms with Crippen LogP contribution in [0, 0.1) is 0 Å². The van der Waals surface area contributed by atoms with Gasteiger partial charge in [-0.25, -0.2) is 9.78 Å². The van der Waals surface area contributed by atoms with Gasteiger partial charge in [-0.1, -0.05) is 36.4 Å². The van der Waals surface area contributed by atoms with Crippen molar-refractivity contribution in [1.82, 2.24) is 30.5 Å². The summed E-state index contributed by atoms with van der Waals surface area (Å²) in [5.41, 5.74) is 0.867. The molecule has 2 heterocycles. The summed E-state index contributed by atoms with van der Waals surface area (Å²) in [7, 11) is 0. The summed E-state index contributed by atoms with van der Waals surface area (Å²) < 4.78 is 0. The second kappa shape index (κ2) is 6.44. The summed E-state index contributed by atoms with van der Waals surface area (Å²) >= 11 is 0. The van der Waals surface area contributed by atoms with E-state index in [9.17, 15) is 4.79 Å². The van der Waals surface area contributed by atoms with Gasteiger partial charge in [0.05, 0.1) is 0 Å². The first-order valence-corrected chi connectivity index (χ1v) is 6.60.